The minimum atomic E-state index is -0.527. The number of amides is 1. The van der Waals surface area contributed by atoms with E-state index in [-0.39, 0.29) is 5.91 Å². The molecule has 0 aromatic heterocycles. The van der Waals surface area contributed by atoms with Crippen LogP contribution in [0.25, 0.3) is 0 Å². The maximum Gasteiger partial charge on any atom is 0.239 e. The first-order valence-corrected chi connectivity index (χ1v) is 6.53. The van der Waals surface area contributed by atoms with E-state index >= 15 is 0 Å². The molecule has 0 atom stereocenters. The number of likely N-dealkylation sites (N-methyl/N-ethyl adjacent to an activating group) is 1. The number of hydrogen-bond donors (Lipinski definition) is 2. The van der Waals surface area contributed by atoms with E-state index in [4.69, 9.17) is 0 Å². The topological polar surface area (TPSA) is 41.1 Å². The molecule has 3 nitrogen and oxygen atoms in total. The van der Waals surface area contributed by atoms with Crippen molar-refractivity contribution in [2.24, 2.45) is 0 Å². The summed E-state index contributed by atoms with van der Waals surface area (Å²) in [5.74, 6) is 0.0133. The van der Waals surface area contributed by atoms with Crippen molar-refractivity contribution in [2.75, 3.05) is 6.54 Å². The molecule has 0 aliphatic heterocycles. The van der Waals surface area contributed by atoms with Crippen LogP contribution in [0.1, 0.15) is 26.3 Å². The smallest absolute Gasteiger partial charge is 0.239 e. The maximum atomic E-state index is 11.9. The molecule has 0 spiro atoms. The average molecular weight is 299 g/mol. The zero-order valence-corrected chi connectivity index (χ0v) is 12.1. The van der Waals surface area contributed by atoms with Gasteiger partial charge in [0, 0.05) is 11.0 Å². The summed E-state index contributed by atoms with van der Waals surface area (Å²) in [6.45, 7) is 7.08. The molecule has 1 rings (SSSR count). The van der Waals surface area contributed by atoms with Crippen LogP contribution in [-0.2, 0) is 11.3 Å². The lowest BCUT2D eigenvalue weighted by Gasteiger charge is -2.24. The highest BCUT2D eigenvalue weighted by atomic mass is 79.9. The van der Waals surface area contributed by atoms with Crippen LogP contribution in [0.5, 0.6) is 0 Å². The van der Waals surface area contributed by atoms with Crippen molar-refractivity contribution in [3.05, 3.63) is 34.3 Å². The van der Waals surface area contributed by atoms with Crippen molar-refractivity contribution in [2.45, 2.75) is 32.9 Å². The molecule has 0 fully saturated rings. The average Bonchev–Trinajstić information content (AvgIpc) is 2.26. The highest BCUT2D eigenvalue weighted by Crippen LogP contribution is 2.11. The van der Waals surface area contributed by atoms with Crippen LogP contribution in [0.2, 0.25) is 0 Å². The Morgan fingerprint density at radius 2 is 2.12 bits per heavy atom. The van der Waals surface area contributed by atoms with Crippen molar-refractivity contribution < 1.29 is 4.79 Å². The van der Waals surface area contributed by atoms with Gasteiger partial charge >= 0.3 is 0 Å². The van der Waals surface area contributed by atoms with Gasteiger partial charge in [-0.05, 0) is 38.1 Å². The van der Waals surface area contributed by atoms with E-state index < -0.39 is 5.54 Å². The molecule has 0 bridgehead atoms. The summed E-state index contributed by atoms with van der Waals surface area (Å²) in [5, 5.41) is 6.08. The van der Waals surface area contributed by atoms with Crippen molar-refractivity contribution in [1.29, 1.82) is 0 Å². The Bertz CT molecular complexity index is 391. The zero-order chi connectivity index (χ0) is 12.9. The van der Waals surface area contributed by atoms with Crippen molar-refractivity contribution in [3.63, 3.8) is 0 Å². The van der Waals surface area contributed by atoms with Gasteiger partial charge < -0.3 is 10.6 Å². The van der Waals surface area contributed by atoms with Gasteiger partial charge in [-0.2, -0.15) is 0 Å². The largest absolute Gasteiger partial charge is 0.350 e. The van der Waals surface area contributed by atoms with Gasteiger partial charge in [0.05, 0.1) is 5.54 Å². The van der Waals surface area contributed by atoms with Crippen LogP contribution in [0.3, 0.4) is 0 Å². The van der Waals surface area contributed by atoms with E-state index in [1.165, 1.54) is 0 Å². The predicted octanol–water partition coefficient (Wildman–Crippen LogP) is 2.45. The first-order chi connectivity index (χ1) is 7.95. The third kappa shape index (κ3) is 4.48. The molecule has 0 heterocycles. The van der Waals surface area contributed by atoms with Gasteiger partial charge in [-0.15, -0.1) is 0 Å². The molecule has 94 valence electrons. The Balaban J connectivity index is 2.54. The van der Waals surface area contributed by atoms with Crippen LogP contribution in [0, 0.1) is 0 Å². The fraction of sp³-hybridized carbons (Fsp3) is 0.462. The molecule has 0 aliphatic carbocycles. The van der Waals surface area contributed by atoms with Crippen LogP contribution in [0.4, 0.5) is 0 Å². The fourth-order valence-electron chi connectivity index (χ4n) is 1.57. The summed E-state index contributed by atoms with van der Waals surface area (Å²) in [4.78, 5) is 11.9. The second-order valence-electron chi connectivity index (χ2n) is 4.47. The van der Waals surface area contributed by atoms with Gasteiger partial charge in [-0.3, -0.25) is 4.79 Å². The number of hydrogen-bond acceptors (Lipinski definition) is 2. The van der Waals surface area contributed by atoms with E-state index in [9.17, 15) is 4.79 Å². The summed E-state index contributed by atoms with van der Waals surface area (Å²) in [6.07, 6.45) is 0. The predicted molar refractivity (Wildman–Crippen MR) is 73.7 cm³/mol. The first kappa shape index (κ1) is 14.2. The van der Waals surface area contributed by atoms with Crippen molar-refractivity contribution in [3.8, 4) is 0 Å². The third-order valence-electron chi connectivity index (χ3n) is 2.53. The molecule has 0 aliphatic rings. The number of nitrogens with one attached hydrogen (secondary N) is 2. The van der Waals surface area contributed by atoms with Crippen LogP contribution in [-0.4, -0.2) is 18.0 Å². The van der Waals surface area contributed by atoms with Crippen molar-refractivity contribution >= 4 is 21.8 Å². The molecular weight excluding hydrogens is 280 g/mol. The van der Waals surface area contributed by atoms with Gasteiger partial charge in [0.25, 0.3) is 0 Å². The number of halogens is 1. The summed E-state index contributed by atoms with van der Waals surface area (Å²) in [6, 6.07) is 7.92. The summed E-state index contributed by atoms with van der Waals surface area (Å²) >= 11 is 3.41. The Morgan fingerprint density at radius 1 is 1.41 bits per heavy atom. The molecule has 2 N–H and O–H groups in total. The van der Waals surface area contributed by atoms with Crippen LogP contribution < -0.4 is 10.6 Å². The van der Waals surface area contributed by atoms with Crippen LogP contribution >= 0.6 is 15.9 Å². The highest BCUT2D eigenvalue weighted by Gasteiger charge is 2.25. The normalized spacial score (nSPS) is 11.3. The quantitative estimate of drug-likeness (QED) is 0.877. The lowest BCUT2D eigenvalue weighted by molar-refractivity contribution is -0.126. The summed E-state index contributed by atoms with van der Waals surface area (Å²) < 4.78 is 1.02. The molecule has 0 saturated heterocycles. The number of carbonyl (C=O) groups excluding carboxylic acids is 1. The molecule has 0 radical (unpaired) electrons. The molecule has 17 heavy (non-hydrogen) atoms. The minimum absolute atomic E-state index is 0.0133. The second-order valence-corrected chi connectivity index (χ2v) is 5.38. The second kappa shape index (κ2) is 6.17. The first-order valence-electron chi connectivity index (χ1n) is 5.73. The lowest BCUT2D eigenvalue weighted by Crippen LogP contribution is -2.52. The number of carbonyl (C=O) groups is 1. The Hall–Kier alpha value is -0.870. The van der Waals surface area contributed by atoms with Crippen LogP contribution in [0.15, 0.2) is 28.7 Å². The highest BCUT2D eigenvalue weighted by molar-refractivity contribution is 9.10. The number of rotatable bonds is 5. The Labute approximate surface area is 111 Å². The van der Waals surface area contributed by atoms with Gasteiger partial charge in [-0.25, -0.2) is 0 Å². The molecule has 1 aromatic carbocycles. The van der Waals surface area contributed by atoms with Crippen molar-refractivity contribution in [1.82, 2.24) is 10.6 Å². The van der Waals surface area contributed by atoms with E-state index in [0.717, 1.165) is 16.6 Å². The summed E-state index contributed by atoms with van der Waals surface area (Å²) in [5.41, 5.74) is 0.556. The fourth-order valence-corrected chi connectivity index (χ4v) is 2.02. The maximum absolute atomic E-state index is 11.9. The number of benzene rings is 1. The molecule has 1 aromatic rings. The van der Waals surface area contributed by atoms with Gasteiger partial charge in [-0.1, -0.05) is 35.0 Å². The van der Waals surface area contributed by atoms with E-state index in [2.05, 4.69) is 26.6 Å². The third-order valence-corrected chi connectivity index (χ3v) is 3.02. The molecule has 4 heteroatoms. The molecule has 1 amide bonds. The minimum Gasteiger partial charge on any atom is -0.350 e. The lowest BCUT2D eigenvalue weighted by atomic mass is 10.0. The standard InChI is InChI=1S/C13H19BrN2O/c1-4-16-13(2,3)12(17)15-9-10-6-5-7-11(14)8-10/h5-8,16H,4,9H2,1-3H3,(H,15,17). The van der Waals surface area contributed by atoms with Gasteiger partial charge in [0.1, 0.15) is 0 Å². The Kier molecular flexibility index (Phi) is 5.15. The monoisotopic (exact) mass is 298 g/mol. The summed E-state index contributed by atoms with van der Waals surface area (Å²) in [7, 11) is 0. The zero-order valence-electron chi connectivity index (χ0n) is 10.5. The Morgan fingerprint density at radius 3 is 2.71 bits per heavy atom. The van der Waals surface area contributed by atoms with E-state index in [1.807, 2.05) is 45.0 Å². The molecule has 0 unspecified atom stereocenters. The molecule has 0 saturated carbocycles. The van der Waals surface area contributed by atoms with Gasteiger partial charge in [0.15, 0.2) is 0 Å². The van der Waals surface area contributed by atoms with E-state index in [0.29, 0.717) is 6.54 Å². The van der Waals surface area contributed by atoms with E-state index in [1.54, 1.807) is 0 Å². The molecular formula is C13H19BrN2O. The van der Waals surface area contributed by atoms with Gasteiger partial charge in [0.2, 0.25) is 5.91 Å². The SMILES string of the molecule is CCNC(C)(C)C(=O)NCc1cccc(Br)c1.